The largest absolute Gasteiger partial charge is 0.382 e. The monoisotopic (exact) mass is 392 g/mol. The van der Waals surface area contributed by atoms with Crippen LogP contribution in [-0.2, 0) is 28.4 Å². The molecule has 0 amide bonds. The third-order valence-electron chi connectivity index (χ3n) is 4.06. The van der Waals surface area contributed by atoms with Crippen molar-refractivity contribution in [2.45, 2.75) is 58.3 Å². The number of rotatable bonds is 24. The van der Waals surface area contributed by atoms with Crippen LogP contribution in [0.25, 0.3) is 0 Å². The van der Waals surface area contributed by atoms with Gasteiger partial charge in [0.05, 0.1) is 66.1 Å². The fraction of sp³-hybridized carbons (Fsp3) is 1.00. The van der Waals surface area contributed by atoms with Crippen molar-refractivity contribution in [3.8, 4) is 0 Å². The van der Waals surface area contributed by atoms with Crippen molar-refractivity contribution in [1.82, 2.24) is 0 Å². The molecule has 0 aliphatic heterocycles. The fourth-order valence-electron chi connectivity index (χ4n) is 2.46. The lowest BCUT2D eigenvalue weighted by molar-refractivity contribution is -0.0148. The maximum absolute atomic E-state index is 5.58. The van der Waals surface area contributed by atoms with Crippen LogP contribution in [0, 0.1) is 0 Å². The molecule has 0 bridgehead atoms. The number of hydrogen-bond acceptors (Lipinski definition) is 6. The molecule has 0 aliphatic carbocycles. The van der Waals surface area contributed by atoms with E-state index in [0.29, 0.717) is 66.1 Å². The van der Waals surface area contributed by atoms with Crippen LogP contribution >= 0.6 is 0 Å². The van der Waals surface area contributed by atoms with Gasteiger partial charge in [0.25, 0.3) is 0 Å². The second kappa shape index (κ2) is 25.8. The zero-order chi connectivity index (χ0) is 19.7. The average molecular weight is 393 g/mol. The van der Waals surface area contributed by atoms with E-state index in [1.54, 1.807) is 7.11 Å². The van der Waals surface area contributed by atoms with Crippen molar-refractivity contribution in [2.24, 2.45) is 0 Å². The molecule has 0 heterocycles. The second-order valence-corrected chi connectivity index (χ2v) is 6.53. The van der Waals surface area contributed by atoms with Gasteiger partial charge in [0.1, 0.15) is 0 Å². The van der Waals surface area contributed by atoms with Crippen LogP contribution in [0.2, 0.25) is 0 Å². The van der Waals surface area contributed by atoms with Crippen molar-refractivity contribution in [3.63, 3.8) is 0 Å². The lowest BCUT2D eigenvalue weighted by Gasteiger charge is -2.08. The SMILES string of the molecule is CCCCCCCCCCOCCOCCOCCOCCOCCOC. The van der Waals surface area contributed by atoms with Crippen LogP contribution in [0.4, 0.5) is 0 Å². The Bertz CT molecular complexity index is 229. The maximum Gasteiger partial charge on any atom is 0.0701 e. The van der Waals surface area contributed by atoms with Gasteiger partial charge in [-0.05, 0) is 6.42 Å². The summed E-state index contributed by atoms with van der Waals surface area (Å²) in [5.41, 5.74) is 0. The molecule has 0 unspecified atom stereocenters. The second-order valence-electron chi connectivity index (χ2n) is 6.53. The molecule has 0 aliphatic rings. The van der Waals surface area contributed by atoms with Crippen molar-refractivity contribution in [1.29, 1.82) is 0 Å². The van der Waals surface area contributed by atoms with Gasteiger partial charge in [-0.3, -0.25) is 0 Å². The first-order valence-corrected chi connectivity index (χ1v) is 10.8. The van der Waals surface area contributed by atoms with Crippen LogP contribution in [0.5, 0.6) is 0 Å². The van der Waals surface area contributed by atoms with Crippen LogP contribution in [0.15, 0.2) is 0 Å². The molecule has 0 aromatic heterocycles. The summed E-state index contributed by atoms with van der Waals surface area (Å²) in [5.74, 6) is 0. The number of methoxy groups -OCH3 is 1. The zero-order valence-electron chi connectivity index (χ0n) is 17.9. The van der Waals surface area contributed by atoms with Gasteiger partial charge in [-0.25, -0.2) is 0 Å². The first kappa shape index (κ1) is 26.8. The molecule has 0 saturated carbocycles. The van der Waals surface area contributed by atoms with Gasteiger partial charge >= 0.3 is 0 Å². The average Bonchev–Trinajstić information content (AvgIpc) is 2.68. The topological polar surface area (TPSA) is 55.4 Å². The van der Waals surface area contributed by atoms with Crippen molar-refractivity contribution in [2.75, 3.05) is 79.8 Å². The van der Waals surface area contributed by atoms with Crippen LogP contribution in [0.1, 0.15) is 58.3 Å². The Morgan fingerprint density at radius 2 is 0.704 bits per heavy atom. The van der Waals surface area contributed by atoms with Gasteiger partial charge in [-0.1, -0.05) is 51.9 Å². The van der Waals surface area contributed by atoms with E-state index >= 15 is 0 Å². The molecular formula is C21H44O6. The first-order chi connectivity index (χ1) is 13.4. The predicted octanol–water partition coefficient (Wildman–Crippen LogP) is 3.86. The molecule has 0 radical (unpaired) electrons. The smallest absolute Gasteiger partial charge is 0.0701 e. The van der Waals surface area contributed by atoms with Gasteiger partial charge in [0.15, 0.2) is 0 Å². The predicted molar refractivity (Wildman–Crippen MR) is 109 cm³/mol. The Kier molecular flexibility index (Phi) is 25.5. The quantitative estimate of drug-likeness (QED) is 0.233. The van der Waals surface area contributed by atoms with Crippen molar-refractivity contribution < 1.29 is 28.4 Å². The van der Waals surface area contributed by atoms with E-state index in [0.717, 1.165) is 13.0 Å². The van der Waals surface area contributed by atoms with Gasteiger partial charge in [-0.15, -0.1) is 0 Å². The van der Waals surface area contributed by atoms with Crippen LogP contribution in [0.3, 0.4) is 0 Å². The molecule has 6 nitrogen and oxygen atoms in total. The highest BCUT2D eigenvalue weighted by atomic mass is 16.6. The van der Waals surface area contributed by atoms with Gasteiger partial charge < -0.3 is 28.4 Å². The minimum atomic E-state index is 0.579. The third kappa shape index (κ3) is 25.8. The molecule has 0 N–H and O–H groups in total. The zero-order valence-corrected chi connectivity index (χ0v) is 17.9. The summed E-state index contributed by atoms with van der Waals surface area (Å²) in [4.78, 5) is 0. The van der Waals surface area contributed by atoms with E-state index in [1.807, 2.05) is 0 Å². The molecule has 0 rings (SSSR count). The maximum atomic E-state index is 5.58. The summed E-state index contributed by atoms with van der Waals surface area (Å²) in [6.07, 6.45) is 10.6. The Morgan fingerprint density at radius 1 is 0.370 bits per heavy atom. The molecule has 27 heavy (non-hydrogen) atoms. The van der Waals surface area contributed by atoms with Crippen LogP contribution in [-0.4, -0.2) is 79.8 Å². The Balaban J connectivity index is 2.95. The van der Waals surface area contributed by atoms with E-state index in [9.17, 15) is 0 Å². The molecule has 0 spiro atoms. The summed E-state index contributed by atoms with van der Waals surface area (Å²) >= 11 is 0. The van der Waals surface area contributed by atoms with Gasteiger partial charge in [0.2, 0.25) is 0 Å². The minimum Gasteiger partial charge on any atom is -0.382 e. The van der Waals surface area contributed by atoms with Crippen molar-refractivity contribution in [3.05, 3.63) is 0 Å². The van der Waals surface area contributed by atoms with E-state index < -0.39 is 0 Å². The lowest BCUT2D eigenvalue weighted by Crippen LogP contribution is -2.14. The summed E-state index contributed by atoms with van der Waals surface area (Å²) < 4.78 is 32.0. The number of hydrogen-bond donors (Lipinski definition) is 0. The van der Waals surface area contributed by atoms with Crippen LogP contribution < -0.4 is 0 Å². The summed E-state index contributed by atoms with van der Waals surface area (Å²) in [5, 5.41) is 0. The van der Waals surface area contributed by atoms with E-state index in [1.165, 1.54) is 44.9 Å². The first-order valence-electron chi connectivity index (χ1n) is 10.8. The van der Waals surface area contributed by atoms with E-state index in [4.69, 9.17) is 28.4 Å². The van der Waals surface area contributed by atoms with E-state index in [2.05, 4.69) is 6.92 Å². The summed E-state index contributed by atoms with van der Waals surface area (Å²) in [6, 6.07) is 0. The van der Waals surface area contributed by atoms with Crippen molar-refractivity contribution >= 4 is 0 Å². The standard InChI is InChI=1S/C21H44O6/c1-3-4-5-6-7-8-9-10-11-23-14-15-25-18-19-27-21-20-26-17-16-24-13-12-22-2/h3-21H2,1-2H3. The molecule has 0 fully saturated rings. The highest BCUT2D eigenvalue weighted by Crippen LogP contribution is 2.08. The molecular weight excluding hydrogens is 348 g/mol. The molecule has 0 aromatic carbocycles. The minimum absolute atomic E-state index is 0.579. The fourth-order valence-corrected chi connectivity index (χ4v) is 2.46. The Hall–Kier alpha value is -0.240. The Morgan fingerprint density at radius 3 is 1.11 bits per heavy atom. The summed E-state index contributed by atoms with van der Waals surface area (Å²) in [7, 11) is 1.66. The normalized spacial score (nSPS) is 11.3. The molecule has 164 valence electrons. The highest BCUT2D eigenvalue weighted by Gasteiger charge is 1.95. The van der Waals surface area contributed by atoms with E-state index in [-0.39, 0.29) is 0 Å². The third-order valence-corrected chi connectivity index (χ3v) is 4.06. The molecule has 0 aromatic rings. The molecule has 0 saturated heterocycles. The number of unbranched alkanes of at least 4 members (excludes halogenated alkanes) is 7. The lowest BCUT2D eigenvalue weighted by atomic mass is 10.1. The molecule has 0 atom stereocenters. The highest BCUT2D eigenvalue weighted by molar-refractivity contribution is 4.46. The number of ether oxygens (including phenoxy) is 6. The molecule has 6 heteroatoms. The Labute approximate surface area is 167 Å². The summed E-state index contributed by atoms with van der Waals surface area (Å²) in [6.45, 7) is 9.15. The van der Waals surface area contributed by atoms with Gasteiger partial charge in [0, 0.05) is 13.7 Å². The van der Waals surface area contributed by atoms with Gasteiger partial charge in [-0.2, -0.15) is 0 Å².